The van der Waals surface area contributed by atoms with Gasteiger partial charge in [0.05, 0.1) is 11.8 Å². The fourth-order valence-electron chi connectivity index (χ4n) is 0.941. The Hall–Kier alpha value is -0.840. The van der Waals surface area contributed by atoms with E-state index in [1.165, 1.54) is 6.20 Å². The van der Waals surface area contributed by atoms with Gasteiger partial charge in [-0.3, -0.25) is 9.89 Å². The van der Waals surface area contributed by atoms with E-state index in [0.29, 0.717) is 11.5 Å². The number of carbonyl (C=O) groups is 1. The second-order valence-corrected chi connectivity index (χ2v) is 4.03. The fraction of sp³-hybridized carbons (Fsp3) is 0.556. The van der Waals surface area contributed by atoms with Crippen LogP contribution in [0.3, 0.4) is 0 Å². The average molecular weight is 260 g/mol. The fourth-order valence-corrected chi connectivity index (χ4v) is 1.50. The zero-order chi connectivity index (χ0) is 10.6. The van der Waals surface area contributed by atoms with E-state index in [1.807, 2.05) is 6.92 Å². The normalized spacial score (nSPS) is 14.8. The van der Waals surface area contributed by atoms with Gasteiger partial charge in [-0.1, -0.05) is 22.9 Å². The van der Waals surface area contributed by atoms with Crippen LogP contribution in [0.15, 0.2) is 12.4 Å². The van der Waals surface area contributed by atoms with E-state index in [0.717, 1.165) is 5.33 Å². The molecule has 0 aliphatic carbocycles. The summed E-state index contributed by atoms with van der Waals surface area (Å²) in [7, 11) is 0. The van der Waals surface area contributed by atoms with Gasteiger partial charge < -0.3 is 5.32 Å². The van der Waals surface area contributed by atoms with Gasteiger partial charge in [-0.2, -0.15) is 5.10 Å². The van der Waals surface area contributed by atoms with Crippen molar-refractivity contribution in [2.45, 2.75) is 19.9 Å². The Morgan fingerprint density at radius 1 is 1.71 bits per heavy atom. The minimum Gasteiger partial charge on any atom is -0.349 e. The molecule has 0 spiro atoms. The number of carbonyl (C=O) groups excluding carboxylic acids is 1. The van der Waals surface area contributed by atoms with Crippen molar-refractivity contribution in [3.05, 3.63) is 18.0 Å². The Labute approximate surface area is 91.6 Å². The van der Waals surface area contributed by atoms with Crippen molar-refractivity contribution < 1.29 is 4.79 Å². The highest BCUT2D eigenvalue weighted by molar-refractivity contribution is 9.09. The second-order valence-electron chi connectivity index (χ2n) is 3.38. The highest BCUT2D eigenvalue weighted by Gasteiger charge is 2.14. The van der Waals surface area contributed by atoms with Crippen molar-refractivity contribution in [1.29, 1.82) is 0 Å². The molecule has 1 amide bonds. The van der Waals surface area contributed by atoms with Gasteiger partial charge in [0.15, 0.2) is 0 Å². The molecule has 5 heteroatoms. The highest BCUT2D eigenvalue weighted by atomic mass is 79.9. The molecule has 14 heavy (non-hydrogen) atoms. The van der Waals surface area contributed by atoms with Crippen molar-refractivity contribution in [1.82, 2.24) is 15.5 Å². The third-order valence-electron chi connectivity index (χ3n) is 2.22. The first-order valence-electron chi connectivity index (χ1n) is 4.50. The van der Waals surface area contributed by atoms with Crippen LogP contribution in [0.25, 0.3) is 0 Å². The van der Waals surface area contributed by atoms with Crippen LogP contribution in [0.4, 0.5) is 0 Å². The zero-order valence-electron chi connectivity index (χ0n) is 8.25. The average Bonchev–Trinajstić information content (AvgIpc) is 2.69. The molecule has 2 atom stereocenters. The molecule has 0 aliphatic heterocycles. The first-order valence-corrected chi connectivity index (χ1v) is 5.63. The summed E-state index contributed by atoms with van der Waals surface area (Å²) in [5.41, 5.74) is 0.568. The van der Waals surface area contributed by atoms with Gasteiger partial charge >= 0.3 is 0 Å². The van der Waals surface area contributed by atoms with Gasteiger partial charge in [-0.25, -0.2) is 0 Å². The monoisotopic (exact) mass is 259 g/mol. The predicted molar refractivity (Wildman–Crippen MR) is 58.5 cm³/mol. The van der Waals surface area contributed by atoms with Gasteiger partial charge in [0, 0.05) is 17.6 Å². The number of nitrogens with one attached hydrogen (secondary N) is 2. The van der Waals surface area contributed by atoms with Crippen molar-refractivity contribution >= 4 is 21.8 Å². The summed E-state index contributed by atoms with van der Waals surface area (Å²) in [6, 6.07) is 0.150. The lowest BCUT2D eigenvalue weighted by Gasteiger charge is -2.18. The lowest BCUT2D eigenvalue weighted by Crippen LogP contribution is -2.37. The molecular formula is C9H14BrN3O. The third kappa shape index (κ3) is 2.83. The summed E-state index contributed by atoms with van der Waals surface area (Å²) in [6.07, 6.45) is 3.10. The number of H-pyrrole nitrogens is 1. The van der Waals surface area contributed by atoms with Gasteiger partial charge in [-0.05, 0) is 12.8 Å². The second kappa shape index (κ2) is 5.14. The first kappa shape index (κ1) is 11.2. The van der Waals surface area contributed by atoms with Gasteiger partial charge in [0.2, 0.25) is 0 Å². The molecule has 0 radical (unpaired) electrons. The predicted octanol–water partition coefficient (Wildman–Crippen LogP) is 1.56. The van der Waals surface area contributed by atoms with Crippen LogP contribution >= 0.6 is 15.9 Å². The third-order valence-corrected chi connectivity index (χ3v) is 3.24. The van der Waals surface area contributed by atoms with Gasteiger partial charge in [0.1, 0.15) is 0 Å². The van der Waals surface area contributed by atoms with E-state index in [4.69, 9.17) is 0 Å². The maximum atomic E-state index is 11.6. The van der Waals surface area contributed by atoms with Crippen LogP contribution in [0.5, 0.6) is 0 Å². The molecule has 0 saturated carbocycles. The summed E-state index contributed by atoms with van der Waals surface area (Å²) < 4.78 is 0. The number of aromatic nitrogens is 2. The highest BCUT2D eigenvalue weighted by Crippen LogP contribution is 2.06. The van der Waals surface area contributed by atoms with Gasteiger partial charge in [-0.15, -0.1) is 0 Å². The molecule has 0 bridgehead atoms. The molecule has 2 N–H and O–H groups in total. The summed E-state index contributed by atoms with van der Waals surface area (Å²) in [6.45, 7) is 4.07. The molecule has 2 unspecified atom stereocenters. The van der Waals surface area contributed by atoms with E-state index in [9.17, 15) is 4.79 Å². The van der Waals surface area contributed by atoms with Crippen LogP contribution in [0, 0.1) is 5.92 Å². The Balaban J connectivity index is 2.49. The van der Waals surface area contributed by atoms with E-state index >= 15 is 0 Å². The van der Waals surface area contributed by atoms with Crippen LogP contribution in [0.1, 0.15) is 24.2 Å². The summed E-state index contributed by atoms with van der Waals surface area (Å²) in [5.74, 6) is 0.324. The number of halogens is 1. The van der Waals surface area contributed by atoms with Crippen LogP contribution < -0.4 is 5.32 Å². The number of hydrogen-bond donors (Lipinski definition) is 2. The van der Waals surface area contributed by atoms with E-state index in [2.05, 4.69) is 38.4 Å². The van der Waals surface area contributed by atoms with Crippen molar-refractivity contribution in [2.24, 2.45) is 5.92 Å². The molecule has 78 valence electrons. The van der Waals surface area contributed by atoms with Crippen LogP contribution in [-0.4, -0.2) is 27.5 Å². The summed E-state index contributed by atoms with van der Waals surface area (Å²) >= 11 is 3.38. The zero-order valence-corrected chi connectivity index (χ0v) is 9.84. The number of hydrogen-bond acceptors (Lipinski definition) is 2. The molecule has 1 aromatic rings. The maximum Gasteiger partial charge on any atom is 0.254 e. The molecule has 1 aromatic heterocycles. The Morgan fingerprint density at radius 2 is 2.43 bits per heavy atom. The van der Waals surface area contributed by atoms with Crippen LogP contribution in [0.2, 0.25) is 0 Å². The minimum absolute atomic E-state index is 0.0842. The number of aromatic amines is 1. The van der Waals surface area contributed by atoms with Crippen molar-refractivity contribution in [3.8, 4) is 0 Å². The lowest BCUT2D eigenvalue weighted by molar-refractivity contribution is 0.0931. The van der Waals surface area contributed by atoms with E-state index in [-0.39, 0.29) is 11.9 Å². The summed E-state index contributed by atoms with van der Waals surface area (Å²) in [4.78, 5) is 11.6. The van der Waals surface area contributed by atoms with Gasteiger partial charge in [0.25, 0.3) is 5.91 Å². The summed E-state index contributed by atoms with van der Waals surface area (Å²) in [5, 5.41) is 10.1. The van der Waals surface area contributed by atoms with Crippen molar-refractivity contribution in [3.63, 3.8) is 0 Å². The van der Waals surface area contributed by atoms with Crippen LogP contribution in [-0.2, 0) is 0 Å². The van der Waals surface area contributed by atoms with E-state index < -0.39 is 0 Å². The molecule has 4 nitrogen and oxygen atoms in total. The largest absolute Gasteiger partial charge is 0.349 e. The molecule has 1 heterocycles. The lowest BCUT2D eigenvalue weighted by atomic mass is 10.1. The molecule has 0 aromatic carbocycles. The quantitative estimate of drug-likeness (QED) is 0.807. The number of alkyl halides is 1. The number of amides is 1. The minimum atomic E-state index is -0.0842. The molecular weight excluding hydrogens is 246 g/mol. The Kier molecular flexibility index (Phi) is 4.13. The maximum absolute atomic E-state index is 11.6. The Morgan fingerprint density at radius 3 is 2.93 bits per heavy atom. The first-order chi connectivity index (χ1) is 6.65. The SMILES string of the molecule is CC(CBr)C(C)NC(=O)c1cn[nH]c1. The smallest absolute Gasteiger partial charge is 0.254 e. The molecule has 0 saturated heterocycles. The molecule has 1 rings (SSSR count). The van der Waals surface area contributed by atoms with E-state index in [1.54, 1.807) is 6.20 Å². The van der Waals surface area contributed by atoms with Crippen molar-refractivity contribution in [2.75, 3.05) is 5.33 Å². The Bertz CT molecular complexity index is 286. The topological polar surface area (TPSA) is 57.8 Å². The molecule has 0 fully saturated rings. The molecule has 0 aliphatic rings. The standard InChI is InChI=1S/C9H14BrN3O/c1-6(3-10)7(2)13-9(14)8-4-11-12-5-8/h4-7H,3H2,1-2H3,(H,11,12)(H,13,14). The number of nitrogens with zero attached hydrogens (tertiary/aromatic N) is 1. The number of rotatable bonds is 4.